The van der Waals surface area contributed by atoms with Crippen molar-refractivity contribution in [2.75, 3.05) is 13.1 Å². The Kier molecular flexibility index (Phi) is 4.49. The lowest BCUT2D eigenvalue weighted by Crippen LogP contribution is -2.39. The number of carbonyl (C=O) groups is 1. The van der Waals surface area contributed by atoms with Crippen molar-refractivity contribution in [1.82, 2.24) is 20.8 Å². The minimum atomic E-state index is 0.0717. The van der Waals surface area contributed by atoms with Crippen LogP contribution in [-0.2, 0) is 11.2 Å². The van der Waals surface area contributed by atoms with Crippen LogP contribution in [0.5, 0.6) is 0 Å². The van der Waals surface area contributed by atoms with Gasteiger partial charge in [0.2, 0.25) is 11.8 Å². The van der Waals surface area contributed by atoms with Gasteiger partial charge in [0.05, 0.1) is 6.54 Å². The second kappa shape index (κ2) is 6.34. The van der Waals surface area contributed by atoms with E-state index in [0.717, 1.165) is 12.8 Å². The molecule has 17 heavy (non-hydrogen) atoms. The molecule has 0 spiro atoms. The summed E-state index contributed by atoms with van der Waals surface area (Å²) in [5.41, 5.74) is 0. The summed E-state index contributed by atoms with van der Waals surface area (Å²) < 4.78 is 4.85. The van der Waals surface area contributed by atoms with Crippen LogP contribution in [-0.4, -0.2) is 35.2 Å². The smallest absolute Gasteiger partial charge is 0.234 e. The molecular formula is C11H18N4O2. The van der Waals surface area contributed by atoms with Gasteiger partial charge in [-0.2, -0.15) is 4.98 Å². The molecule has 1 heterocycles. The average Bonchev–Trinajstić information content (AvgIpc) is 2.96. The summed E-state index contributed by atoms with van der Waals surface area (Å²) in [6.07, 6.45) is 6.73. The van der Waals surface area contributed by atoms with Crippen LogP contribution in [0.4, 0.5) is 0 Å². The molecule has 1 aromatic heterocycles. The lowest BCUT2D eigenvalue weighted by Gasteiger charge is -2.11. The van der Waals surface area contributed by atoms with Crippen molar-refractivity contribution in [3.8, 4) is 0 Å². The molecule has 0 aliphatic heterocycles. The fourth-order valence-corrected chi connectivity index (χ4v) is 2.05. The number of aromatic nitrogens is 2. The second-order valence-electron chi connectivity index (χ2n) is 4.31. The summed E-state index contributed by atoms with van der Waals surface area (Å²) in [5, 5.41) is 9.59. The fourth-order valence-electron chi connectivity index (χ4n) is 2.05. The molecule has 1 saturated carbocycles. The minimum absolute atomic E-state index is 0.0717. The first-order valence-corrected chi connectivity index (χ1v) is 6.10. The highest BCUT2D eigenvalue weighted by Crippen LogP contribution is 2.17. The molecule has 2 N–H and O–H groups in total. The van der Waals surface area contributed by atoms with Crippen LogP contribution in [0, 0.1) is 0 Å². The summed E-state index contributed by atoms with van der Waals surface area (Å²) in [7, 11) is 0. The third-order valence-electron chi connectivity index (χ3n) is 2.93. The Bertz CT molecular complexity index is 333. The number of nitrogens with zero attached hydrogens (tertiary/aromatic N) is 2. The van der Waals surface area contributed by atoms with Gasteiger partial charge in [0, 0.05) is 19.0 Å². The molecule has 6 nitrogen and oxygen atoms in total. The molecule has 0 saturated heterocycles. The molecule has 0 radical (unpaired) electrons. The SMILES string of the molecule is O=C(CNCCc1ncno1)NC1CCCC1. The highest BCUT2D eigenvalue weighted by Gasteiger charge is 2.16. The highest BCUT2D eigenvalue weighted by atomic mass is 16.5. The Balaban J connectivity index is 1.53. The predicted molar refractivity (Wildman–Crippen MR) is 61.3 cm³/mol. The normalized spacial score (nSPS) is 16.2. The molecule has 6 heteroatoms. The molecule has 1 aliphatic rings. The third-order valence-corrected chi connectivity index (χ3v) is 2.93. The molecule has 0 bridgehead atoms. The second-order valence-corrected chi connectivity index (χ2v) is 4.31. The first-order valence-electron chi connectivity index (χ1n) is 6.10. The van der Waals surface area contributed by atoms with Crippen LogP contribution < -0.4 is 10.6 Å². The van der Waals surface area contributed by atoms with Crippen LogP contribution in [0.3, 0.4) is 0 Å². The van der Waals surface area contributed by atoms with E-state index in [2.05, 4.69) is 20.8 Å². The summed E-state index contributed by atoms with van der Waals surface area (Å²) in [6.45, 7) is 1.02. The van der Waals surface area contributed by atoms with E-state index in [9.17, 15) is 4.79 Å². The first-order chi connectivity index (χ1) is 8.34. The van der Waals surface area contributed by atoms with E-state index in [4.69, 9.17) is 4.52 Å². The van der Waals surface area contributed by atoms with Gasteiger partial charge >= 0.3 is 0 Å². The van der Waals surface area contributed by atoms with Gasteiger partial charge in [-0.3, -0.25) is 4.79 Å². The Morgan fingerprint density at radius 2 is 2.29 bits per heavy atom. The predicted octanol–water partition coefficient (Wildman–Crippen LogP) is 0.260. The maximum atomic E-state index is 11.5. The largest absolute Gasteiger partial charge is 0.352 e. The zero-order valence-electron chi connectivity index (χ0n) is 9.82. The van der Waals surface area contributed by atoms with Crippen molar-refractivity contribution in [2.24, 2.45) is 0 Å². The topological polar surface area (TPSA) is 80.1 Å². The van der Waals surface area contributed by atoms with Gasteiger partial charge < -0.3 is 15.2 Å². The fraction of sp³-hybridized carbons (Fsp3) is 0.727. The van der Waals surface area contributed by atoms with Crippen LogP contribution in [0.2, 0.25) is 0 Å². The zero-order valence-corrected chi connectivity index (χ0v) is 9.82. The van der Waals surface area contributed by atoms with Crippen molar-refractivity contribution in [2.45, 2.75) is 38.1 Å². The lowest BCUT2D eigenvalue weighted by atomic mass is 10.2. The molecule has 1 amide bonds. The standard InChI is InChI=1S/C11H18N4O2/c16-10(15-9-3-1-2-4-9)7-12-6-5-11-13-8-14-17-11/h8-9,12H,1-7H2,(H,15,16). The Morgan fingerprint density at radius 3 is 3.00 bits per heavy atom. The van der Waals surface area contributed by atoms with E-state index in [1.54, 1.807) is 0 Å². The number of nitrogens with one attached hydrogen (secondary N) is 2. The van der Waals surface area contributed by atoms with Crippen molar-refractivity contribution in [1.29, 1.82) is 0 Å². The molecule has 0 aromatic carbocycles. The van der Waals surface area contributed by atoms with Gasteiger partial charge in [0.1, 0.15) is 0 Å². The van der Waals surface area contributed by atoms with E-state index in [-0.39, 0.29) is 5.91 Å². The summed E-state index contributed by atoms with van der Waals surface area (Å²) >= 11 is 0. The van der Waals surface area contributed by atoms with Gasteiger partial charge in [-0.15, -0.1) is 0 Å². The van der Waals surface area contributed by atoms with E-state index < -0.39 is 0 Å². The van der Waals surface area contributed by atoms with E-state index in [0.29, 0.717) is 31.4 Å². The van der Waals surface area contributed by atoms with Crippen molar-refractivity contribution in [3.63, 3.8) is 0 Å². The summed E-state index contributed by atoms with van der Waals surface area (Å²) in [4.78, 5) is 15.4. The Labute approximate surface area is 100 Å². The third kappa shape index (κ3) is 4.14. The first kappa shape index (κ1) is 12.0. The molecule has 94 valence electrons. The van der Waals surface area contributed by atoms with Crippen LogP contribution in [0.15, 0.2) is 10.9 Å². The maximum Gasteiger partial charge on any atom is 0.234 e. The monoisotopic (exact) mass is 238 g/mol. The molecule has 0 unspecified atom stereocenters. The number of amides is 1. The van der Waals surface area contributed by atoms with E-state index in [1.807, 2.05) is 0 Å². The van der Waals surface area contributed by atoms with Crippen LogP contribution >= 0.6 is 0 Å². The van der Waals surface area contributed by atoms with E-state index in [1.165, 1.54) is 19.2 Å². The summed E-state index contributed by atoms with van der Waals surface area (Å²) in [5.74, 6) is 0.663. The van der Waals surface area contributed by atoms with Gasteiger partial charge in [-0.1, -0.05) is 18.0 Å². The number of rotatable bonds is 6. The van der Waals surface area contributed by atoms with Crippen molar-refractivity contribution in [3.05, 3.63) is 12.2 Å². The number of carbonyl (C=O) groups excluding carboxylic acids is 1. The Morgan fingerprint density at radius 1 is 1.47 bits per heavy atom. The quantitative estimate of drug-likeness (QED) is 0.695. The van der Waals surface area contributed by atoms with E-state index >= 15 is 0 Å². The van der Waals surface area contributed by atoms with Crippen molar-refractivity contribution >= 4 is 5.91 Å². The van der Waals surface area contributed by atoms with Gasteiger partial charge in [-0.05, 0) is 12.8 Å². The zero-order chi connectivity index (χ0) is 11.9. The molecule has 0 atom stereocenters. The maximum absolute atomic E-state index is 11.5. The summed E-state index contributed by atoms with van der Waals surface area (Å²) in [6, 6.07) is 0.389. The van der Waals surface area contributed by atoms with Crippen LogP contribution in [0.1, 0.15) is 31.6 Å². The molecule has 2 rings (SSSR count). The average molecular weight is 238 g/mol. The Hall–Kier alpha value is -1.43. The van der Waals surface area contributed by atoms with Crippen molar-refractivity contribution < 1.29 is 9.32 Å². The molecular weight excluding hydrogens is 220 g/mol. The molecule has 1 fully saturated rings. The number of hydrogen-bond acceptors (Lipinski definition) is 5. The minimum Gasteiger partial charge on any atom is -0.352 e. The molecule has 1 aliphatic carbocycles. The lowest BCUT2D eigenvalue weighted by molar-refractivity contribution is -0.120. The molecule has 1 aromatic rings. The highest BCUT2D eigenvalue weighted by molar-refractivity contribution is 5.78. The van der Waals surface area contributed by atoms with Gasteiger partial charge in [-0.25, -0.2) is 0 Å². The number of hydrogen-bond donors (Lipinski definition) is 2. The van der Waals surface area contributed by atoms with Gasteiger partial charge in [0.15, 0.2) is 6.33 Å². The van der Waals surface area contributed by atoms with Crippen LogP contribution in [0.25, 0.3) is 0 Å². The van der Waals surface area contributed by atoms with Gasteiger partial charge in [0.25, 0.3) is 0 Å².